The van der Waals surface area contributed by atoms with E-state index in [4.69, 9.17) is 0 Å². The smallest absolute Gasteiger partial charge is 0.191 e. The molecule has 118 valence electrons. The van der Waals surface area contributed by atoms with E-state index in [2.05, 4.69) is 15.6 Å². The number of nitrogens with zero attached hydrogens (tertiary/aromatic N) is 1. The zero-order valence-electron chi connectivity index (χ0n) is 13.0. The monoisotopic (exact) mass is 311 g/mol. The Balaban J connectivity index is 2.80. The number of benzene rings is 1. The lowest BCUT2D eigenvalue weighted by molar-refractivity contribution is 0.569. The van der Waals surface area contributed by atoms with Crippen LogP contribution >= 0.6 is 0 Å². The molecule has 0 spiro atoms. The topological polar surface area (TPSA) is 70.6 Å². The van der Waals surface area contributed by atoms with Gasteiger partial charge in [0.05, 0.1) is 10.6 Å². The van der Waals surface area contributed by atoms with Gasteiger partial charge >= 0.3 is 0 Å². The summed E-state index contributed by atoms with van der Waals surface area (Å²) in [5.74, 6) is 0.719. The molecule has 0 aromatic heterocycles. The summed E-state index contributed by atoms with van der Waals surface area (Å²) in [4.78, 5) is 4.67. The maximum Gasteiger partial charge on any atom is 0.191 e. The molecule has 0 fully saturated rings. The molecule has 0 heterocycles. The lowest BCUT2D eigenvalue weighted by atomic mass is 10.3. The zero-order valence-corrected chi connectivity index (χ0v) is 13.8. The Morgan fingerprint density at radius 1 is 1.19 bits per heavy atom. The quantitative estimate of drug-likeness (QED) is 0.595. The van der Waals surface area contributed by atoms with Crippen LogP contribution in [0.1, 0.15) is 27.2 Å². The van der Waals surface area contributed by atoms with Gasteiger partial charge in [-0.2, -0.15) is 0 Å². The SMILES string of the molecule is CCN=C(NCC)NC(CC)CS(=O)(=O)c1ccccc1. The van der Waals surface area contributed by atoms with Gasteiger partial charge in [0.1, 0.15) is 0 Å². The number of rotatable bonds is 7. The molecule has 0 amide bonds. The number of nitrogens with one attached hydrogen (secondary N) is 2. The third kappa shape index (κ3) is 5.75. The minimum atomic E-state index is -3.29. The summed E-state index contributed by atoms with van der Waals surface area (Å²) in [5, 5.41) is 6.31. The molecule has 0 radical (unpaired) electrons. The van der Waals surface area contributed by atoms with Crippen molar-refractivity contribution in [2.24, 2.45) is 4.99 Å². The van der Waals surface area contributed by atoms with Crippen molar-refractivity contribution in [3.05, 3.63) is 30.3 Å². The van der Waals surface area contributed by atoms with Gasteiger partial charge < -0.3 is 10.6 Å². The molecule has 1 aromatic rings. The predicted molar refractivity (Wildman–Crippen MR) is 87.4 cm³/mol. The summed E-state index contributed by atoms with van der Waals surface area (Å²) in [7, 11) is -3.29. The van der Waals surface area contributed by atoms with E-state index in [9.17, 15) is 8.42 Å². The molecule has 0 aliphatic carbocycles. The molecule has 21 heavy (non-hydrogen) atoms. The Kier molecular flexibility index (Phi) is 7.22. The number of aliphatic imine (C=N–C) groups is 1. The van der Waals surface area contributed by atoms with E-state index in [0.29, 0.717) is 23.8 Å². The minimum absolute atomic E-state index is 0.0572. The van der Waals surface area contributed by atoms with Gasteiger partial charge in [-0.05, 0) is 32.4 Å². The second-order valence-electron chi connectivity index (χ2n) is 4.70. The molecule has 1 rings (SSSR count). The third-order valence-electron chi connectivity index (χ3n) is 3.02. The molecule has 1 unspecified atom stereocenters. The average molecular weight is 311 g/mol. The Bertz CT molecular complexity index is 541. The third-order valence-corrected chi connectivity index (χ3v) is 4.85. The molecule has 0 aliphatic rings. The molecule has 6 heteroatoms. The summed E-state index contributed by atoms with van der Waals surface area (Å²) in [6.07, 6.45) is 0.709. The van der Waals surface area contributed by atoms with Crippen LogP contribution in [0.4, 0.5) is 0 Å². The second kappa shape index (κ2) is 8.67. The standard InChI is InChI=1S/C15H25N3O2S/c1-4-13(18-15(16-5-2)17-6-3)12-21(19,20)14-10-8-7-9-11-14/h7-11,13H,4-6,12H2,1-3H3,(H2,16,17,18). The Hall–Kier alpha value is -1.56. The molecular weight excluding hydrogens is 286 g/mol. The van der Waals surface area contributed by atoms with E-state index in [1.54, 1.807) is 24.3 Å². The first-order valence-electron chi connectivity index (χ1n) is 7.36. The molecule has 0 saturated carbocycles. The summed E-state index contributed by atoms with van der Waals surface area (Å²) in [6.45, 7) is 7.29. The van der Waals surface area contributed by atoms with Crippen LogP contribution in [0.2, 0.25) is 0 Å². The lowest BCUT2D eigenvalue weighted by Gasteiger charge is -2.20. The summed E-state index contributed by atoms with van der Waals surface area (Å²) < 4.78 is 24.8. The van der Waals surface area contributed by atoms with Crippen LogP contribution < -0.4 is 10.6 Å². The summed E-state index contributed by atoms with van der Waals surface area (Å²) in [6, 6.07) is 8.39. The average Bonchev–Trinajstić information content (AvgIpc) is 2.47. The summed E-state index contributed by atoms with van der Waals surface area (Å²) in [5.41, 5.74) is 0. The number of hydrogen-bond acceptors (Lipinski definition) is 3. The molecule has 0 saturated heterocycles. The zero-order chi connectivity index (χ0) is 15.7. The van der Waals surface area contributed by atoms with Crippen LogP contribution in [0.5, 0.6) is 0 Å². The van der Waals surface area contributed by atoms with Crippen molar-refractivity contribution >= 4 is 15.8 Å². The molecule has 5 nitrogen and oxygen atoms in total. The molecule has 2 N–H and O–H groups in total. The van der Waals surface area contributed by atoms with E-state index in [1.807, 2.05) is 26.8 Å². The Morgan fingerprint density at radius 2 is 1.86 bits per heavy atom. The van der Waals surface area contributed by atoms with Gasteiger partial charge in [0.2, 0.25) is 0 Å². The van der Waals surface area contributed by atoms with Crippen molar-refractivity contribution in [2.75, 3.05) is 18.8 Å². The second-order valence-corrected chi connectivity index (χ2v) is 6.73. The molecule has 1 aromatic carbocycles. The highest BCUT2D eigenvalue weighted by Gasteiger charge is 2.20. The van der Waals surface area contributed by atoms with Gasteiger partial charge in [-0.15, -0.1) is 0 Å². The maximum atomic E-state index is 12.4. The highest BCUT2D eigenvalue weighted by Crippen LogP contribution is 2.12. The minimum Gasteiger partial charge on any atom is -0.357 e. The van der Waals surface area contributed by atoms with Gasteiger partial charge in [-0.3, -0.25) is 4.99 Å². The molecule has 1 atom stereocenters. The van der Waals surface area contributed by atoms with Crippen LogP contribution in [0.15, 0.2) is 40.2 Å². The van der Waals surface area contributed by atoms with E-state index < -0.39 is 9.84 Å². The van der Waals surface area contributed by atoms with E-state index >= 15 is 0 Å². The van der Waals surface area contributed by atoms with Crippen LogP contribution in [0.3, 0.4) is 0 Å². The fourth-order valence-corrected chi connectivity index (χ4v) is 3.53. The van der Waals surface area contributed by atoms with Gasteiger partial charge in [0.15, 0.2) is 15.8 Å². The van der Waals surface area contributed by atoms with E-state index in [0.717, 1.165) is 6.54 Å². The van der Waals surface area contributed by atoms with Crippen molar-refractivity contribution in [3.63, 3.8) is 0 Å². The first kappa shape index (κ1) is 17.5. The molecule has 0 bridgehead atoms. The largest absolute Gasteiger partial charge is 0.357 e. The molecule has 0 aliphatic heterocycles. The lowest BCUT2D eigenvalue weighted by Crippen LogP contribution is -2.46. The van der Waals surface area contributed by atoms with Gasteiger partial charge in [0, 0.05) is 19.1 Å². The number of guanidine groups is 1. The molecular formula is C15H25N3O2S. The number of hydrogen-bond donors (Lipinski definition) is 2. The van der Waals surface area contributed by atoms with Gasteiger partial charge in [-0.25, -0.2) is 8.42 Å². The van der Waals surface area contributed by atoms with Gasteiger partial charge in [0.25, 0.3) is 0 Å². The normalized spacial score (nSPS) is 13.8. The van der Waals surface area contributed by atoms with Crippen molar-refractivity contribution in [1.29, 1.82) is 0 Å². The fourth-order valence-electron chi connectivity index (χ4n) is 1.92. The van der Waals surface area contributed by atoms with E-state index in [-0.39, 0.29) is 11.8 Å². The van der Waals surface area contributed by atoms with Crippen LogP contribution in [-0.4, -0.2) is 39.3 Å². The first-order valence-corrected chi connectivity index (χ1v) is 9.01. The van der Waals surface area contributed by atoms with Crippen LogP contribution in [-0.2, 0) is 9.84 Å². The number of sulfone groups is 1. The predicted octanol–water partition coefficient (Wildman–Crippen LogP) is 1.81. The van der Waals surface area contributed by atoms with Crippen molar-refractivity contribution in [3.8, 4) is 0 Å². The van der Waals surface area contributed by atoms with Crippen molar-refractivity contribution in [2.45, 2.75) is 38.1 Å². The van der Waals surface area contributed by atoms with Crippen LogP contribution in [0, 0.1) is 0 Å². The van der Waals surface area contributed by atoms with Crippen LogP contribution in [0.25, 0.3) is 0 Å². The Morgan fingerprint density at radius 3 is 2.38 bits per heavy atom. The first-order chi connectivity index (χ1) is 10.0. The van der Waals surface area contributed by atoms with Gasteiger partial charge in [-0.1, -0.05) is 25.1 Å². The van der Waals surface area contributed by atoms with E-state index in [1.165, 1.54) is 0 Å². The highest BCUT2D eigenvalue weighted by molar-refractivity contribution is 7.91. The Labute approximate surface area is 127 Å². The van der Waals surface area contributed by atoms with Crippen molar-refractivity contribution in [1.82, 2.24) is 10.6 Å². The van der Waals surface area contributed by atoms with Crippen molar-refractivity contribution < 1.29 is 8.42 Å². The fraction of sp³-hybridized carbons (Fsp3) is 0.533. The summed E-state index contributed by atoms with van der Waals surface area (Å²) >= 11 is 0. The highest BCUT2D eigenvalue weighted by atomic mass is 32.2. The maximum absolute atomic E-state index is 12.4.